The van der Waals surface area contributed by atoms with Crippen molar-refractivity contribution in [1.29, 1.82) is 0 Å². The number of nitrogens with one attached hydrogen (secondary N) is 1. The van der Waals surface area contributed by atoms with Crippen molar-refractivity contribution >= 4 is 35.8 Å². The van der Waals surface area contributed by atoms with Crippen molar-refractivity contribution in [1.82, 2.24) is 19.6 Å². The first-order valence-electron chi connectivity index (χ1n) is 19.0. The van der Waals surface area contributed by atoms with Crippen LogP contribution in [0.25, 0.3) is 6.08 Å². The molecule has 280 valence electrons. The van der Waals surface area contributed by atoms with Crippen LogP contribution in [0.15, 0.2) is 49.0 Å². The largest absolute Gasteiger partial charge is 0.507 e. The number of hydrogen-bond donors (Lipinski definition) is 2. The van der Waals surface area contributed by atoms with Crippen LogP contribution < -0.4 is 5.32 Å². The second-order valence-electron chi connectivity index (χ2n) is 14.5. The van der Waals surface area contributed by atoms with Gasteiger partial charge in [-0.3, -0.25) is 9.59 Å². The van der Waals surface area contributed by atoms with Gasteiger partial charge in [-0.25, -0.2) is 9.59 Å². The first-order chi connectivity index (χ1) is 25.2. The summed E-state index contributed by atoms with van der Waals surface area (Å²) in [6.45, 7) is 10.5. The number of amides is 4. The van der Waals surface area contributed by atoms with Crippen LogP contribution in [0.4, 0.5) is 15.3 Å². The molecule has 0 saturated carbocycles. The Morgan fingerprint density at radius 2 is 1.62 bits per heavy atom. The highest BCUT2D eigenvalue weighted by molar-refractivity contribution is 5.91. The average molecular weight is 716 g/mol. The molecule has 0 radical (unpaired) electrons. The molecule has 4 heterocycles. The fraction of sp³-hybridized carbons (Fsp3) is 0.550. The number of nitrogens with zero attached hydrogens (tertiary/aromatic N) is 4. The van der Waals surface area contributed by atoms with E-state index in [1.807, 2.05) is 41.0 Å². The van der Waals surface area contributed by atoms with Crippen LogP contribution >= 0.6 is 0 Å². The number of aromatic hydroxyl groups is 1. The number of carbonyl (C=O) groups is 4. The monoisotopic (exact) mass is 715 g/mol. The lowest BCUT2D eigenvalue weighted by Gasteiger charge is -2.42. The Hall–Kier alpha value is -4.58. The van der Waals surface area contributed by atoms with Crippen molar-refractivity contribution in [3.8, 4) is 5.75 Å². The summed E-state index contributed by atoms with van der Waals surface area (Å²) < 4.78 is 11.2. The van der Waals surface area contributed by atoms with Crippen LogP contribution in [0.5, 0.6) is 5.75 Å². The summed E-state index contributed by atoms with van der Waals surface area (Å²) >= 11 is 0. The number of carbonyl (C=O) groups excluding carboxylic acids is 4. The molecule has 0 aromatic heterocycles. The predicted molar refractivity (Wildman–Crippen MR) is 198 cm³/mol. The quantitative estimate of drug-likeness (QED) is 0.317. The molecule has 3 saturated heterocycles. The number of para-hydroxylation sites is 1. The summed E-state index contributed by atoms with van der Waals surface area (Å²) in [6.07, 6.45) is 6.23. The summed E-state index contributed by atoms with van der Waals surface area (Å²) in [7, 11) is 0. The lowest BCUT2D eigenvalue weighted by molar-refractivity contribution is -0.144. The molecule has 12 nitrogen and oxygen atoms in total. The molecule has 0 spiro atoms. The molecule has 0 bridgehead atoms. The van der Waals surface area contributed by atoms with Gasteiger partial charge in [0.2, 0.25) is 0 Å². The molecule has 0 unspecified atom stereocenters. The number of rotatable bonds is 10. The molecule has 4 amide bonds. The Morgan fingerprint density at radius 1 is 0.923 bits per heavy atom. The number of ether oxygens (including phenoxy) is 2. The van der Waals surface area contributed by atoms with Gasteiger partial charge < -0.3 is 39.5 Å². The molecule has 52 heavy (non-hydrogen) atoms. The summed E-state index contributed by atoms with van der Waals surface area (Å²) in [5.74, 6) is 0.111. The molecule has 2 N–H and O–H groups in total. The summed E-state index contributed by atoms with van der Waals surface area (Å²) in [4.78, 5) is 60.6. The zero-order chi connectivity index (χ0) is 36.6. The number of hydrogen-bond acceptors (Lipinski definition) is 8. The minimum atomic E-state index is -1.03. The summed E-state index contributed by atoms with van der Waals surface area (Å²) in [5, 5.41) is 13.2. The third kappa shape index (κ3) is 9.07. The van der Waals surface area contributed by atoms with Gasteiger partial charge in [0.1, 0.15) is 5.75 Å². The molecule has 1 atom stereocenters. The Bertz CT molecular complexity index is 1590. The Balaban J connectivity index is 1.04. The number of esters is 1. The SMILES string of the molecule is C=Cc1cc(C[C@@H](OC(=O)N2CCC(N3CCc4ccccc4NC3=O)CC2)C(=O)N2CCC(N3CCC(CC(=O)OCC)CC3)CC2)ccc1O. The molecule has 4 aliphatic heterocycles. The highest BCUT2D eigenvalue weighted by atomic mass is 16.6. The highest BCUT2D eigenvalue weighted by Crippen LogP contribution is 2.29. The third-order valence-corrected chi connectivity index (χ3v) is 11.3. The number of benzene rings is 2. The van der Waals surface area contributed by atoms with Gasteiger partial charge >= 0.3 is 18.1 Å². The average Bonchev–Trinajstić information content (AvgIpc) is 3.33. The fourth-order valence-electron chi connectivity index (χ4n) is 8.22. The Kier molecular flexibility index (Phi) is 12.4. The van der Waals surface area contributed by atoms with Crippen molar-refractivity contribution in [2.45, 2.75) is 82.9 Å². The molecule has 0 aliphatic carbocycles. The molecule has 6 rings (SSSR count). The summed E-state index contributed by atoms with van der Waals surface area (Å²) in [5.41, 5.74) is 3.26. The third-order valence-electron chi connectivity index (χ3n) is 11.3. The van der Waals surface area contributed by atoms with E-state index in [9.17, 15) is 24.3 Å². The summed E-state index contributed by atoms with van der Waals surface area (Å²) in [6, 6.07) is 13.2. The normalized spacial score (nSPS) is 20.0. The number of piperidine rings is 3. The zero-order valence-electron chi connectivity index (χ0n) is 30.3. The molecule has 2 aromatic carbocycles. The first-order valence-corrected chi connectivity index (χ1v) is 19.0. The molecule has 2 aromatic rings. The number of anilines is 1. The van der Waals surface area contributed by atoms with Crippen molar-refractivity contribution in [3.05, 3.63) is 65.7 Å². The highest BCUT2D eigenvalue weighted by Gasteiger charge is 2.37. The van der Waals surface area contributed by atoms with Gasteiger partial charge in [-0.1, -0.05) is 36.9 Å². The number of fused-ring (bicyclic) bond motifs is 1. The number of urea groups is 1. The number of phenols is 1. The Labute approximate surface area is 306 Å². The van der Waals surface area contributed by atoms with Crippen LogP contribution in [-0.4, -0.2) is 119 Å². The van der Waals surface area contributed by atoms with E-state index in [2.05, 4.69) is 16.8 Å². The van der Waals surface area contributed by atoms with Crippen LogP contribution in [0, 0.1) is 5.92 Å². The van der Waals surface area contributed by atoms with E-state index in [0.29, 0.717) is 76.1 Å². The topological polar surface area (TPSA) is 132 Å². The van der Waals surface area contributed by atoms with Crippen molar-refractivity contribution < 1.29 is 33.8 Å². The van der Waals surface area contributed by atoms with Gasteiger partial charge in [0.15, 0.2) is 6.10 Å². The van der Waals surface area contributed by atoms with E-state index in [1.54, 1.807) is 29.2 Å². The van der Waals surface area contributed by atoms with E-state index >= 15 is 0 Å². The first kappa shape index (κ1) is 37.2. The van der Waals surface area contributed by atoms with Gasteiger partial charge in [-0.15, -0.1) is 0 Å². The van der Waals surface area contributed by atoms with E-state index in [1.165, 1.54) is 0 Å². The van der Waals surface area contributed by atoms with E-state index in [-0.39, 0.29) is 36.1 Å². The van der Waals surface area contributed by atoms with Crippen LogP contribution in [0.1, 0.15) is 68.6 Å². The Morgan fingerprint density at radius 3 is 2.33 bits per heavy atom. The molecule has 3 fully saturated rings. The van der Waals surface area contributed by atoms with Gasteiger partial charge in [0.25, 0.3) is 5.91 Å². The molecular formula is C40H53N5O7. The maximum Gasteiger partial charge on any atom is 0.410 e. The second kappa shape index (κ2) is 17.3. The minimum Gasteiger partial charge on any atom is -0.507 e. The van der Waals surface area contributed by atoms with Crippen LogP contribution in [-0.2, 0) is 31.9 Å². The van der Waals surface area contributed by atoms with Crippen LogP contribution in [0.2, 0.25) is 0 Å². The van der Waals surface area contributed by atoms with Crippen molar-refractivity contribution in [2.24, 2.45) is 5.92 Å². The maximum atomic E-state index is 14.1. The fourth-order valence-corrected chi connectivity index (χ4v) is 8.22. The van der Waals surface area contributed by atoms with Gasteiger partial charge in [0.05, 0.1) is 6.61 Å². The van der Waals surface area contributed by atoms with Crippen LogP contribution in [0.3, 0.4) is 0 Å². The number of likely N-dealkylation sites (tertiary alicyclic amines) is 3. The van der Waals surface area contributed by atoms with Gasteiger partial charge in [0, 0.05) is 68.9 Å². The van der Waals surface area contributed by atoms with E-state index in [4.69, 9.17) is 9.47 Å². The lowest BCUT2D eigenvalue weighted by Crippen LogP contribution is -2.53. The van der Waals surface area contributed by atoms with Gasteiger partial charge in [-0.2, -0.15) is 0 Å². The van der Waals surface area contributed by atoms with Crippen molar-refractivity contribution in [3.63, 3.8) is 0 Å². The van der Waals surface area contributed by atoms with Crippen molar-refractivity contribution in [2.75, 3.05) is 57.7 Å². The lowest BCUT2D eigenvalue weighted by atomic mass is 9.91. The van der Waals surface area contributed by atoms with E-state index < -0.39 is 12.2 Å². The van der Waals surface area contributed by atoms with Gasteiger partial charge in [-0.05, 0) is 100 Å². The molecule has 12 heteroatoms. The standard InChI is InChI=1S/C40H53N5O7/c1-3-30-25-29(9-10-35(30)46)26-36(38(48)43-20-14-32(15-21-43)42-18-11-28(12-19-42)27-37(47)51-4-2)52-40(50)44-22-16-33(17-23-44)45-24-13-31-7-5-6-8-34(31)41-39(45)49/h3,5-10,25,28,32-33,36,46H,1,4,11-24,26-27H2,2H3,(H,41,49)/t36-/m1/s1. The molecular weight excluding hydrogens is 662 g/mol. The number of phenolic OH excluding ortho intramolecular Hbond substituents is 1. The minimum absolute atomic E-state index is 0.00485. The predicted octanol–water partition coefficient (Wildman–Crippen LogP) is 5.29. The molecule has 4 aliphatic rings. The smallest absolute Gasteiger partial charge is 0.410 e. The van der Waals surface area contributed by atoms with E-state index in [0.717, 1.165) is 62.0 Å². The maximum absolute atomic E-state index is 14.1. The second-order valence-corrected chi connectivity index (χ2v) is 14.5. The zero-order valence-corrected chi connectivity index (χ0v) is 30.3.